The Kier molecular flexibility index (Phi) is 9.40. The molecule has 5 heteroatoms. The first-order valence-corrected chi connectivity index (χ1v) is 3.36. The van der Waals surface area contributed by atoms with Gasteiger partial charge in [-0.05, 0) is 12.8 Å². The Bertz CT molecular complexity index is 109. The molecule has 0 heterocycles. The van der Waals surface area contributed by atoms with Crippen LogP contribution in [-0.2, 0) is 4.79 Å². The molecule has 0 amide bonds. The van der Waals surface area contributed by atoms with E-state index in [2.05, 4.69) is 0 Å². The standard InChI is InChI=1S/C6H14N2O2.ClH/c7-5(8)3-1-2-4-6(9)10;/h5H,1-4,7-8H2,(H,9,10);1H. The first kappa shape index (κ1) is 13.3. The second-order valence-electron chi connectivity index (χ2n) is 2.30. The monoisotopic (exact) mass is 182 g/mol. The molecule has 0 spiro atoms. The van der Waals surface area contributed by atoms with Gasteiger partial charge in [-0.15, -0.1) is 12.4 Å². The summed E-state index contributed by atoms with van der Waals surface area (Å²) < 4.78 is 0. The predicted molar refractivity (Wildman–Crippen MR) is 45.5 cm³/mol. The highest BCUT2D eigenvalue weighted by Gasteiger charge is 1.97. The molecular weight excluding hydrogens is 168 g/mol. The fraction of sp³-hybridized carbons (Fsp3) is 0.833. The van der Waals surface area contributed by atoms with Gasteiger partial charge in [-0.1, -0.05) is 6.42 Å². The Morgan fingerprint density at radius 2 is 1.91 bits per heavy atom. The van der Waals surface area contributed by atoms with E-state index in [0.717, 1.165) is 6.42 Å². The van der Waals surface area contributed by atoms with Crippen molar-refractivity contribution in [2.45, 2.75) is 31.8 Å². The van der Waals surface area contributed by atoms with E-state index in [1.807, 2.05) is 0 Å². The Labute approximate surface area is 72.4 Å². The van der Waals surface area contributed by atoms with Crippen LogP contribution >= 0.6 is 12.4 Å². The van der Waals surface area contributed by atoms with Crippen molar-refractivity contribution in [1.82, 2.24) is 0 Å². The number of unbranched alkanes of at least 4 members (excludes halogenated alkanes) is 1. The zero-order valence-corrected chi connectivity index (χ0v) is 7.14. The van der Waals surface area contributed by atoms with Gasteiger partial charge in [0.1, 0.15) is 0 Å². The maximum Gasteiger partial charge on any atom is 0.303 e. The van der Waals surface area contributed by atoms with Crippen molar-refractivity contribution in [2.24, 2.45) is 11.5 Å². The summed E-state index contributed by atoms with van der Waals surface area (Å²) in [6, 6.07) is 0. The van der Waals surface area contributed by atoms with E-state index in [9.17, 15) is 4.79 Å². The average molecular weight is 183 g/mol. The lowest BCUT2D eigenvalue weighted by atomic mass is 10.2. The number of carbonyl (C=O) groups is 1. The first-order chi connectivity index (χ1) is 4.63. The smallest absolute Gasteiger partial charge is 0.303 e. The van der Waals surface area contributed by atoms with Crippen LogP contribution in [0, 0.1) is 0 Å². The number of carboxylic acids is 1. The third-order valence-electron chi connectivity index (χ3n) is 1.18. The van der Waals surface area contributed by atoms with Crippen LogP contribution in [0.5, 0.6) is 0 Å². The Hall–Kier alpha value is -0.320. The number of carboxylic acid groups (broad SMARTS) is 1. The zero-order chi connectivity index (χ0) is 7.98. The second kappa shape index (κ2) is 7.78. The summed E-state index contributed by atoms with van der Waals surface area (Å²) in [5, 5.41) is 8.22. The van der Waals surface area contributed by atoms with Crippen molar-refractivity contribution in [3.05, 3.63) is 0 Å². The van der Waals surface area contributed by atoms with Crippen LogP contribution in [0.25, 0.3) is 0 Å². The van der Waals surface area contributed by atoms with Crippen molar-refractivity contribution in [3.8, 4) is 0 Å². The molecule has 0 rings (SSSR count). The van der Waals surface area contributed by atoms with Gasteiger partial charge in [-0.25, -0.2) is 0 Å². The average Bonchev–Trinajstić information content (AvgIpc) is 1.79. The Balaban J connectivity index is 0. The van der Waals surface area contributed by atoms with Crippen molar-refractivity contribution in [2.75, 3.05) is 0 Å². The molecule has 0 aliphatic heterocycles. The summed E-state index contributed by atoms with van der Waals surface area (Å²) in [5.74, 6) is -0.759. The van der Waals surface area contributed by atoms with Crippen LogP contribution < -0.4 is 11.5 Å². The Morgan fingerprint density at radius 3 is 2.27 bits per heavy atom. The summed E-state index contributed by atoms with van der Waals surface area (Å²) >= 11 is 0. The molecule has 0 bridgehead atoms. The molecule has 0 fully saturated rings. The van der Waals surface area contributed by atoms with Gasteiger partial charge in [0.2, 0.25) is 0 Å². The Morgan fingerprint density at radius 1 is 1.36 bits per heavy atom. The van der Waals surface area contributed by atoms with Gasteiger partial charge in [-0.2, -0.15) is 0 Å². The van der Waals surface area contributed by atoms with Crippen LogP contribution in [0.15, 0.2) is 0 Å². The largest absolute Gasteiger partial charge is 0.481 e. The first-order valence-electron chi connectivity index (χ1n) is 3.36. The molecule has 11 heavy (non-hydrogen) atoms. The summed E-state index contributed by atoms with van der Waals surface area (Å²) in [6.45, 7) is 0. The summed E-state index contributed by atoms with van der Waals surface area (Å²) in [5.41, 5.74) is 10.5. The zero-order valence-electron chi connectivity index (χ0n) is 6.32. The van der Waals surface area contributed by atoms with E-state index in [1.165, 1.54) is 0 Å². The normalized spacial score (nSPS) is 9.36. The molecule has 0 aliphatic carbocycles. The number of nitrogens with two attached hydrogens (primary N) is 2. The minimum Gasteiger partial charge on any atom is -0.481 e. The second-order valence-corrected chi connectivity index (χ2v) is 2.30. The third kappa shape index (κ3) is 12.8. The van der Waals surface area contributed by atoms with Gasteiger partial charge in [-0.3, -0.25) is 4.79 Å². The maximum absolute atomic E-state index is 9.98. The van der Waals surface area contributed by atoms with Gasteiger partial charge in [0, 0.05) is 6.42 Å². The predicted octanol–water partition coefficient (Wildman–Crippen LogP) is 0.297. The molecule has 0 unspecified atom stereocenters. The maximum atomic E-state index is 9.98. The molecule has 0 saturated carbocycles. The van der Waals surface area contributed by atoms with Gasteiger partial charge in [0.25, 0.3) is 0 Å². The molecule has 0 aromatic heterocycles. The third-order valence-corrected chi connectivity index (χ3v) is 1.18. The fourth-order valence-electron chi connectivity index (χ4n) is 0.656. The summed E-state index contributed by atoms with van der Waals surface area (Å²) in [4.78, 5) is 9.98. The molecule has 0 saturated heterocycles. The highest BCUT2D eigenvalue weighted by atomic mass is 35.5. The molecule has 0 aliphatic rings. The van der Waals surface area contributed by atoms with Crippen molar-refractivity contribution in [3.63, 3.8) is 0 Å². The molecular formula is C6H15ClN2O2. The molecule has 68 valence electrons. The number of rotatable bonds is 5. The molecule has 0 aromatic rings. The fourth-order valence-corrected chi connectivity index (χ4v) is 0.656. The van der Waals surface area contributed by atoms with E-state index < -0.39 is 5.97 Å². The van der Waals surface area contributed by atoms with Crippen molar-refractivity contribution in [1.29, 1.82) is 0 Å². The van der Waals surface area contributed by atoms with E-state index in [4.69, 9.17) is 16.6 Å². The molecule has 0 atom stereocenters. The minimum atomic E-state index is -0.759. The number of hydrogen-bond acceptors (Lipinski definition) is 3. The molecule has 5 N–H and O–H groups in total. The van der Waals surface area contributed by atoms with Gasteiger partial charge < -0.3 is 16.6 Å². The number of aliphatic carboxylic acids is 1. The van der Waals surface area contributed by atoms with Crippen molar-refractivity contribution >= 4 is 18.4 Å². The summed E-state index contributed by atoms with van der Waals surface area (Å²) in [7, 11) is 0. The van der Waals surface area contributed by atoms with E-state index in [1.54, 1.807) is 0 Å². The molecule has 0 aromatic carbocycles. The number of hydrogen-bond donors (Lipinski definition) is 3. The lowest BCUT2D eigenvalue weighted by Crippen LogP contribution is -2.29. The molecule has 0 radical (unpaired) electrons. The van der Waals surface area contributed by atoms with Crippen LogP contribution in [0.4, 0.5) is 0 Å². The minimum absolute atomic E-state index is 0. The lowest BCUT2D eigenvalue weighted by Gasteiger charge is -2.01. The topological polar surface area (TPSA) is 89.3 Å². The van der Waals surface area contributed by atoms with Crippen LogP contribution in [-0.4, -0.2) is 17.2 Å². The van der Waals surface area contributed by atoms with Crippen LogP contribution in [0.2, 0.25) is 0 Å². The van der Waals surface area contributed by atoms with Crippen molar-refractivity contribution < 1.29 is 9.90 Å². The van der Waals surface area contributed by atoms with E-state index in [-0.39, 0.29) is 25.0 Å². The SMILES string of the molecule is Cl.NC(N)CCCCC(=O)O. The van der Waals surface area contributed by atoms with Gasteiger partial charge in [0.15, 0.2) is 0 Å². The number of halogens is 1. The van der Waals surface area contributed by atoms with Crippen LogP contribution in [0.1, 0.15) is 25.7 Å². The van der Waals surface area contributed by atoms with E-state index in [0.29, 0.717) is 12.8 Å². The highest BCUT2D eigenvalue weighted by molar-refractivity contribution is 5.85. The van der Waals surface area contributed by atoms with Gasteiger partial charge >= 0.3 is 5.97 Å². The van der Waals surface area contributed by atoms with Gasteiger partial charge in [0.05, 0.1) is 6.17 Å². The summed E-state index contributed by atoms with van der Waals surface area (Å²) in [6.07, 6.45) is 2.08. The molecule has 4 nitrogen and oxygen atoms in total. The lowest BCUT2D eigenvalue weighted by molar-refractivity contribution is -0.137. The quantitative estimate of drug-likeness (QED) is 0.421. The van der Waals surface area contributed by atoms with E-state index >= 15 is 0 Å². The van der Waals surface area contributed by atoms with Crippen LogP contribution in [0.3, 0.4) is 0 Å². The highest BCUT2D eigenvalue weighted by Crippen LogP contribution is 1.99.